The van der Waals surface area contributed by atoms with Crippen LogP contribution in [0.15, 0.2) is 36.4 Å². The second-order valence-electron chi connectivity index (χ2n) is 5.49. The Labute approximate surface area is 148 Å². The number of amides is 1. The summed E-state index contributed by atoms with van der Waals surface area (Å²) in [5.41, 5.74) is -0.326. The van der Waals surface area contributed by atoms with Crippen molar-refractivity contribution in [2.75, 3.05) is 11.9 Å². The highest BCUT2D eigenvalue weighted by molar-refractivity contribution is 6.05. The summed E-state index contributed by atoms with van der Waals surface area (Å²) in [4.78, 5) is 27.4. The van der Waals surface area contributed by atoms with Crippen LogP contribution in [0, 0.1) is 6.92 Å². The highest BCUT2D eigenvalue weighted by Crippen LogP contribution is 2.28. The van der Waals surface area contributed by atoms with Crippen LogP contribution in [0.25, 0.3) is 0 Å². The maximum atomic E-state index is 12.6. The number of aryl methyl sites for hydroxylation is 1. The number of hydrogen-bond donors (Lipinski definition) is 1. The molecule has 0 spiro atoms. The molecule has 1 aromatic carbocycles. The van der Waals surface area contributed by atoms with Gasteiger partial charge in [0.05, 0.1) is 23.4 Å². The predicted octanol–water partition coefficient (Wildman–Crippen LogP) is 4.23. The predicted molar refractivity (Wildman–Crippen MR) is 88.9 cm³/mol. The Bertz CT molecular complexity index is 802. The van der Waals surface area contributed by atoms with Crippen molar-refractivity contribution >= 4 is 17.6 Å². The number of halogens is 3. The average molecular weight is 366 g/mol. The second kappa shape index (κ2) is 7.99. The quantitative estimate of drug-likeness (QED) is 0.804. The first-order valence-electron chi connectivity index (χ1n) is 7.85. The van der Waals surface area contributed by atoms with Gasteiger partial charge < -0.3 is 10.1 Å². The van der Waals surface area contributed by atoms with Crippen LogP contribution in [-0.4, -0.2) is 23.5 Å². The van der Waals surface area contributed by atoms with Crippen molar-refractivity contribution in [2.24, 2.45) is 0 Å². The van der Waals surface area contributed by atoms with Gasteiger partial charge in [0.15, 0.2) is 0 Å². The van der Waals surface area contributed by atoms with Gasteiger partial charge in [-0.15, -0.1) is 0 Å². The van der Waals surface area contributed by atoms with Crippen molar-refractivity contribution in [3.05, 3.63) is 58.9 Å². The molecule has 0 radical (unpaired) electrons. The fourth-order valence-corrected chi connectivity index (χ4v) is 2.13. The summed E-state index contributed by atoms with van der Waals surface area (Å²) in [6.45, 7) is 3.53. The molecule has 0 atom stereocenters. The van der Waals surface area contributed by atoms with E-state index in [0.717, 1.165) is 12.1 Å². The molecule has 0 saturated heterocycles. The number of esters is 1. The van der Waals surface area contributed by atoms with Gasteiger partial charge in [0, 0.05) is 5.69 Å². The summed E-state index contributed by atoms with van der Waals surface area (Å²) >= 11 is 0. The number of carbonyl (C=O) groups excluding carboxylic acids is 2. The first kappa shape index (κ1) is 19.4. The van der Waals surface area contributed by atoms with E-state index < -0.39 is 23.7 Å². The number of ether oxygens (including phenoxy) is 1. The first-order chi connectivity index (χ1) is 12.2. The van der Waals surface area contributed by atoms with Crippen molar-refractivity contribution in [3.8, 4) is 0 Å². The Kier molecular flexibility index (Phi) is 5.97. The second-order valence-corrected chi connectivity index (χ2v) is 5.49. The van der Waals surface area contributed by atoms with Gasteiger partial charge in [-0.1, -0.05) is 6.92 Å². The number of rotatable bonds is 5. The third-order valence-corrected chi connectivity index (χ3v) is 3.44. The van der Waals surface area contributed by atoms with Crippen LogP contribution in [-0.2, 0) is 10.9 Å². The molecule has 8 heteroatoms. The van der Waals surface area contributed by atoms with Crippen molar-refractivity contribution in [1.82, 2.24) is 4.98 Å². The maximum Gasteiger partial charge on any atom is 0.433 e. The van der Waals surface area contributed by atoms with Crippen LogP contribution in [0.2, 0.25) is 0 Å². The van der Waals surface area contributed by atoms with Crippen LogP contribution in [0.4, 0.5) is 18.9 Å². The molecule has 26 heavy (non-hydrogen) atoms. The van der Waals surface area contributed by atoms with Gasteiger partial charge in [-0.3, -0.25) is 4.79 Å². The first-order valence-corrected chi connectivity index (χ1v) is 7.85. The minimum atomic E-state index is -4.57. The molecular formula is C18H17F3N2O3. The molecule has 1 heterocycles. The lowest BCUT2D eigenvalue weighted by Gasteiger charge is -2.11. The van der Waals surface area contributed by atoms with Gasteiger partial charge in [0.25, 0.3) is 5.91 Å². The number of aromatic nitrogens is 1. The van der Waals surface area contributed by atoms with Gasteiger partial charge in [-0.2, -0.15) is 13.2 Å². The summed E-state index contributed by atoms with van der Waals surface area (Å²) in [6.07, 6.45) is -3.86. The Morgan fingerprint density at radius 3 is 2.31 bits per heavy atom. The minimum absolute atomic E-state index is 0.0305. The van der Waals surface area contributed by atoms with E-state index in [1.54, 1.807) is 0 Å². The fourth-order valence-electron chi connectivity index (χ4n) is 2.13. The summed E-state index contributed by atoms with van der Waals surface area (Å²) in [6, 6.07) is 7.84. The fraction of sp³-hybridized carbons (Fsp3) is 0.278. The zero-order valence-corrected chi connectivity index (χ0v) is 14.2. The third-order valence-electron chi connectivity index (χ3n) is 3.44. The van der Waals surface area contributed by atoms with E-state index in [9.17, 15) is 22.8 Å². The van der Waals surface area contributed by atoms with Gasteiger partial charge >= 0.3 is 12.1 Å². The molecular weight excluding hydrogens is 349 g/mol. The number of pyridine rings is 1. The Morgan fingerprint density at radius 1 is 1.12 bits per heavy atom. The zero-order valence-electron chi connectivity index (χ0n) is 14.2. The van der Waals surface area contributed by atoms with E-state index in [0.29, 0.717) is 24.3 Å². The average Bonchev–Trinajstić information content (AvgIpc) is 2.59. The van der Waals surface area contributed by atoms with Gasteiger partial charge in [0.2, 0.25) is 0 Å². The van der Waals surface area contributed by atoms with E-state index in [-0.39, 0.29) is 11.3 Å². The largest absolute Gasteiger partial charge is 0.462 e. The minimum Gasteiger partial charge on any atom is -0.462 e. The van der Waals surface area contributed by atoms with Crippen LogP contribution in [0.3, 0.4) is 0 Å². The number of nitrogens with one attached hydrogen (secondary N) is 1. The van der Waals surface area contributed by atoms with Crippen LogP contribution in [0.5, 0.6) is 0 Å². The number of alkyl halides is 3. The third kappa shape index (κ3) is 4.81. The molecule has 1 N–H and O–H groups in total. The Balaban J connectivity index is 2.09. The molecule has 0 unspecified atom stereocenters. The van der Waals surface area contributed by atoms with Crippen LogP contribution in [0.1, 0.15) is 45.4 Å². The topological polar surface area (TPSA) is 68.3 Å². The van der Waals surface area contributed by atoms with Gasteiger partial charge in [-0.25, -0.2) is 9.78 Å². The van der Waals surface area contributed by atoms with Crippen molar-refractivity contribution < 1.29 is 27.5 Å². The standard InChI is InChI=1S/C18H17F3N2O3/c1-3-10-26-17(25)12-4-6-13(7-5-12)23-16(24)14-8-9-15(18(19,20)21)22-11(14)2/h4-9H,3,10H2,1-2H3,(H,23,24). The van der Waals surface area contributed by atoms with Gasteiger partial charge in [0.1, 0.15) is 5.69 Å². The number of carbonyl (C=O) groups is 2. The number of anilines is 1. The molecule has 0 saturated carbocycles. The molecule has 2 rings (SSSR count). The summed E-state index contributed by atoms with van der Waals surface area (Å²) in [5, 5.41) is 2.55. The van der Waals surface area contributed by atoms with Crippen molar-refractivity contribution in [2.45, 2.75) is 26.4 Å². The van der Waals surface area contributed by atoms with E-state index in [2.05, 4.69) is 10.3 Å². The molecule has 0 aliphatic heterocycles. The molecule has 0 aliphatic rings. The van der Waals surface area contributed by atoms with Gasteiger partial charge in [-0.05, 0) is 49.7 Å². The lowest BCUT2D eigenvalue weighted by Crippen LogP contribution is -2.16. The lowest BCUT2D eigenvalue weighted by atomic mass is 10.1. The molecule has 0 bridgehead atoms. The van der Waals surface area contributed by atoms with E-state index in [1.807, 2.05) is 6.92 Å². The summed E-state index contributed by atoms with van der Waals surface area (Å²) < 4.78 is 42.9. The van der Waals surface area contributed by atoms with E-state index in [4.69, 9.17) is 4.74 Å². The van der Waals surface area contributed by atoms with E-state index in [1.165, 1.54) is 31.2 Å². The molecule has 0 aliphatic carbocycles. The van der Waals surface area contributed by atoms with Crippen LogP contribution >= 0.6 is 0 Å². The lowest BCUT2D eigenvalue weighted by molar-refractivity contribution is -0.141. The molecule has 2 aromatic rings. The highest BCUT2D eigenvalue weighted by Gasteiger charge is 2.33. The van der Waals surface area contributed by atoms with Crippen LogP contribution < -0.4 is 5.32 Å². The maximum absolute atomic E-state index is 12.6. The number of benzene rings is 1. The molecule has 1 aromatic heterocycles. The van der Waals surface area contributed by atoms with Crippen molar-refractivity contribution in [1.29, 1.82) is 0 Å². The molecule has 5 nitrogen and oxygen atoms in total. The number of hydrogen-bond acceptors (Lipinski definition) is 4. The molecule has 0 fully saturated rings. The monoisotopic (exact) mass is 366 g/mol. The smallest absolute Gasteiger partial charge is 0.433 e. The van der Waals surface area contributed by atoms with E-state index >= 15 is 0 Å². The SMILES string of the molecule is CCCOC(=O)c1ccc(NC(=O)c2ccc(C(F)(F)F)nc2C)cc1. The normalized spacial score (nSPS) is 11.1. The zero-order chi connectivity index (χ0) is 19.3. The highest BCUT2D eigenvalue weighted by atomic mass is 19.4. The Hall–Kier alpha value is -2.90. The number of nitrogens with zero attached hydrogens (tertiary/aromatic N) is 1. The Morgan fingerprint density at radius 2 is 1.77 bits per heavy atom. The summed E-state index contributed by atoms with van der Waals surface area (Å²) in [7, 11) is 0. The summed E-state index contributed by atoms with van der Waals surface area (Å²) in [5.74, 6) is -1.06. The molecule has 1 amide bonds. The van der Waals surface area contributed by atoms with Crippen molar-refractivity contribution in [3.63, 3.8) is 0 Å². The molecule has 138 valence electrons.